The standard InChI is InChI=1S/C16H15FO2S/c1-10-6-7-12(17)11(8-10)16(18)14-9-20-15-5-3-2-4-13(15)19-14/h2-8,14,16,18H,9H2,1H3. The van der Waals surface area contributed by atoms with Crippen LogP contribution in [0.15, 0.2) is 47.4 Å². The Labute approximate surface area is 121 Å². The van der Waals surface area contributed by atoms with Crippen molar-refractivity contribution in [2.75, 3.05) is 5.75 Å². The van der Waals surface area contributed by atoms with Gasteiger partial charge in [0.2, 0.25) is 0 Å². The van der Waals surface area contributed by atoms with E-state index >= 15 is 0 Å². The van der Waals surface area contributed by atoms with Gasteiger partial charge >= 0.3 is 0 Å². The van der Waals surface area contributed by atoms with Crippen LogP contribution in [0.3, 0.4) is 0 Å². The Bertz CT molecular complexity index is 630. The molecule has 4 heteroatoms. The molecule has 1 aliphatic rings. The van der Waals surface area contributed by atoms with Crippen LogP contribution in [0, 0.1) is 12.7 Å². The van der Waals surface area contributed by atoms with Crippen molar-refractivity contribution < 1.29 is 14.2 Å². The first-order valence-corrected chi connectivity index (χ1v) is 7.46. The second-order valence-corrected chi connectivity index (χ2v) is 5.95. The highest BCUT2D eigenvalue weighted by Crippen LogP contribution is 2.38. The number of aliphatic hydroxyl groups excluding tert-OH is 1. The quantitative estimate of drug-likeness (QED) is 0.914. The molecule has 0 radical (unpaired) electrons. The smallest absolute Gasteiger partial charge is 0.138 e. The van der Waals surface area contributed by atoms with Crippen molar-refractivity contribution in [2.24, 2.45) is 0 Å². The van der Waals surface area contributed by atoms with Crippen LogP contribution in [-0.2, 0) is 0 Å². The zero-order valence-electron chi connectivity index (χ0n) is 11.0. The monoisotopic (exact) mass is 290 g/mol. The maximum Gasteiger partial charge on any atom is 0.138 e. The van der Waals surface area contributed by atoms with E-state index in [4.69, 9.17) is 4.74 Å². The molecule has 2 atom stereocenters. The van der Waals surface area contributed by atoms with E-state index in [0.717, 1.165) is 16.2 Å². The van der Waals surface area contributed by atoms with Gasteiger partial charge in [0.25, 0.3) is 0 Å². The van der Waals surface area contributed by atoms with Crippen LogP contribution >= 0.6 is 11.8 Å². The first kappa shape index (κ1) is 13.5. The number of rotatable bonds is 2. The minimum absolute atomic E-state index is 0.301. The van der Waals surface area contributed by atoms with Crippen LogP contribution in [0.1, 0.15) is 17.2 Å². The van der Waals surface area contributed by atoms with Crippen LogP contribution < -0.4 is 4.74 Å². The van der Waals surface area contributed by atoms with Gasteiger partial charge in [0.05, 0.1) is 0 Å². The van der Waals surface area contributed by atoms with Crippen molar-refractivity contribution in [3.05, 3.63) is 59.4 Å². The van der Waals surface area contributed by atoms with Gasteiger partial charge in [-0.3, -0.25) is 0 Å². The number of aliphatic hydroxyl groups is 1. The third-order valence-electron chi connectivity index (χ3n) is 3.35. The highest BCUT2D eigenvalue weighted by molar-refractivity contribution is 7.99. The van der Waals surface area contributed by atoms with Gasteiger partial charge in [-0.15, -0.1) is 11.8 Å². The number of hydrogen-bond acceptors (Lipinski definition) is 3. The summed E-state index contributed by atoms with van der Waals surface area (Å²) in [5.74, 6) is 0.961. The first-order valence-electron chi connectivity index (χ1n) is 6.48. The molecule has 0 saturated carbocycles. The molecule has 0 saturated heterocycles. The van der Waals surface area contributed by atoms with Crippen LogP contribution in [0.4, 0.5) is 4.39 Å². The zero-order chi connectivity index (χ0) is 14.1. The summed E-state index contributed by atoms with van der Waals surface area (Å²) in [5, 5.41) is 10.4. The lowest BCUT2D eigenvalue weighted by molar-refractivity contribution is 0.0433. The number of para-hydroxylation sites is 1. The minimum Gasteiger partial charge on any atom is -0.485 e. The summed E-state index contributed by atoms with van der Waals surface area (Å²) in [6.07, 6.45) is -1.40. The Kier molecular flexibility index (Phi) is 3.68. The van der Waals surface area contributed by atoms with Crippen molar-refractivity contribution in [2.45, 2.75) is 24.0 Å². The van der Waals surface area contributed by atoms with Gasteiger partial charge in [-0.05, 0) is 25.1 Å². The second kappa shape index (κ2) is 5.46. The van der Waals surface area contributed by atoms with E-state index in [1.165, 1.54) is 6.07 Å². The van der Waals surface area contributed by atoms with Gasteiger partial charge in [-0.2, -0.15) is 0 Å². The molecule has 0 aliphatic carbocycles. The van der Waals surface area contributed by atoms with Gasteiger partial charge in [0.15, 0.2) is 0 Å². The average Bonchev–Trinajstić information content (AvgIpc) is 2.48. The fourth-order valence-electron chi connectivity index (χ4n) is 2.28. The Morgan fingerprint density at radius 2 is 2.10 bits per heavy atom. The average molecular weight is 290 g/mol. The van der Waals surface area contributed by atoms with E-state index in [1.807, 2.05) is 31.2 Å². The number of halogens is 1. The molecule has 0 aromatic heterocycles. The highest BCUT2D eigenvalue weighted by atomic mass is 32.2. The third kappa shape index (κ3) is 2.53. The summed E-state index contributed by atoms with van der Waals surface area (Å²) in [6, 6.07) is 12.4. The number of hydrogen-bond donors (Lipinski definition) is 1. The summed E-state index contributed by atoms with van der Waals surface area (Å²) in [6.45, 7) is 1.88. The highest BCUT2D eigenvalue weighted by Gasteiger charge is 2.29. The van der Waals surface area contributed by atoms with Gasteiger partial charge in [0, 0.05) is 16.2 Å². The number of aryl methyl sites for hydroxylation is 1. The molecule has 0 amide bonds. The van der Waals surface area contributed by atoms with E-state index < -0.39 is 18.0 Å². The molecule has 1 heterocycles. The second-order valence-electron chi connectivity index (χ2n) is 4.88. The Hall–Kier alpha value is -1.52. The lowest BCUT2D eigenvalue weighted by atomic mass is 10.0. The van der Waals surface area contributed by atoms with Crippen LogP contribution in [0.25, 0.3) is 0 Å². The largest absolute Gasteiger partial charge is 0.485 e. The van der Waals surface area contributed by atoms with Crippen LogP contribution in [-0.4, -0.2) is 17.0 Å². The summed E-state index contributed by atoms with van der Waals surface area (Å²) in [7, 11) is 0. The Morgan fingerprint density at radius 3 is 2.95 bits per heavy atom. The fourth-order valence-corrected chi connectivity index (χ4v) is 3.31. The van der Waals surface area contributed by atoms with Gasteiger partial charge in [-0.25, -0.2) is 4.39 Å². The lowest BCUT2D eigenvalue weighted by Gasteiger charge is -2.29. The molecule has 0 fully saturated rings. The Balaban J connectivity index is 1.85. The molecule has 104 valence electrons. The zero-order valence-corrected chi connectivity index (χ0v) is 11.9. The summed E-state index contributed by atoms with van der Waals surface area (Å²) in [5.41, 5.74) is 1.22. The number of thioether (sulfide) groups is 1. The molecule has 1 aliphatic heterocycles. The maximum atomic E-state index is 13.8. The van der Waals surface area contributed by atoms with E-state index in [0.29, 0.717) is 11.3 Å². The van der Waals surface area contributed by atoms with E-state index in [1.54, 1.807) is 23.9 Å². The molecule has 1 N–H and O–H groups in total. The Morgan fingerprint density at radius 1 is 1.30 bits per heavy atom. The van der Waals surface area contributed by atoms with Crippen molar-refractivity contribution in [1.82, 2.24) is 0 Å². The topological polar surface area (TPSA) is 29.5 Å². The molecule has 2 unspecified atom stereocenters. The number of ether oxygens (including phenoxy) is 1. The van der Waals surface area contributed by atoms with Gasteiger partial charge in [0.1, 0.15) is 23.8 Å². The predicted octanol–water partition coefficient (Wildman–Crippen LogP) is 3.72. The molecule has 2 aromatic rings. The normalized spacial score (nSPS) is 19.1. The van der Waals surface area contributed by atoms with Crippen LogP contribution in [0.2, 0.25) is 0 Å². The number of fused-ring (bicyclic) bond motifs is 1. The molecule has 20 heavy (non-hydrogen) atoms. The summed E-state index contributed by atoms with van der Waals surface area (Å²) >= 11 is 1.62. The maximum absolute atomic E-state index is 13.8. The van der Waals surface area contributed by atoms with Crippen molar-refractivity contribution in [3.63, 3.8) is 0 Å². The summed E-state index contributed by atoms with van der Waals surface area (Å²) < 4.78 is 19.7. The minimum atomic E-state index is -0.962. The SMILES string of the molecule is Cc1ccc(F)c(C(O)C2CSc3ccccc3O2)c1. The van der Waals surface area contributed by atoms with Gasteiger partial charge in [-0.1, -0.05) is 29.8 Å². The molecule has 3 rings (SSSR count). The molecular weight excluding hydrogens is 275 g/mol. The number of benzene rings is 2. The van der Waals surface area contributed by atoms with Crippen molar-refractivity contribution in [3.8, 4) is 5.75 Å². The van der Waals surface area contributed by atoms with Crippen molar-refractivity contribution >= 4 is 11.8 Å². The molecule has 2 aromatic carbocycles. The first-order chi connectivity index (χ1) is 9.65. The van der Waals surface area contributed by atoms with E-state index in [9.17, 15) is 9.50 Å². The molecule has 0 bridgehead atoms. The lowest BCUT2D eigenvalue weighted by Crippen LogP contribution is -2.30. The van der Waals surface area contributed by atoms with Crippen LogP contribution in [0.5, 0.6) is 5.75 Å². The van der Waals surface area contributed by atoms with Gasteiger partial charge < -0.3 is 9.84 Å². The van der Waals surface area contributed by atoms with E-state index in [-0.39, 0.29) is 0 Å². The van der Waals surface area contributed by atoms with E-state index in [2.05, 4.69) is 0 Å². The third-order valence-corrected chi connectivity index (χ3v) is 4.50. The molecule has 2 nitrogen and oxygen atoms in total. The molecular formula is C16H15FO2S. The predicted molar refractivity (Wildman–Crippen MR) is 77.7 cm³/mol. The molecule has 0 spiro atoms. The van der Waals surface area contributed by atoms with Crippen molar-refractivity contribution in [1.29, 1.82) is 0 Å². The summed E-state index contributed by atoms with van der Waals surface area (Å²) in [4.78, 5) is 1.06. The fraction of sp³-hybridized carbons (Fsp3) is 0.250.